The zero-order valence-electron chi connectivity index (χ0n) is 5.38. The fourth-order valence-electron chi connectivity index (χ4n) is 0.599. The largest absolute Gasteiger partial charge is 0.327 e. The van der Waals surface area contributed by atoms with Crippen molar-refractivity contribution in [1.82, 2.24) is 0 Å². The number of thiophene rings is 1. The molecule has 0 aliphatic rings. The van der Waals surface area contributed by atoms with E-state index in [2.05, 4.69) is 15.9 Å². The van der Waals surface area contributed by atoms with Crippen molar-refractivity contribution in [3.8, 4) is 0 Å². The van der Waals surface area contributed by atoms with Gasteiger partial charge in [0.25, 0.3) is 0 Å². The Balaban J connectivity index is 2.74. The normalized spacial score (nSPS) is 11.0. The molecule has 54 valence electrons. The Morgan fingerprint density at radius 1 is 1.70 bits per heavy atom. The van der Waals surface area contributed by atoms with Crippen molar-refractivity contribution in [3.63, 3.8) is 0 Å². The Bertz CT molecular complexity index is 229. The predicted octanol–water partition coefficient (Wildman–Crippen LogP) is 2.48. The monoisotopic (exact) mass is 217 g/mol. The smallest absolute Gasteiger partial charge is 0.0409 e. The van der Waals surface area contributed by atoms with Gasteiger partial charge in [-0.2, -0.15) is 0 Å². The molecule has 0 unspecified atom stereocenters. The summed E-state index contributed by atoms with van der Waals surface area (Å²) < 4.78 is 1.14. The first-order valence-electron chi connectivity index (χ1n) is 2.94. The van der Waals surface area contributed by atoms with Gasteiger partial charge >= 0.3 is 0 Å². The minimum Gasteiger partial charge on any atom is -0.327 e. The van der Waals surface area contributed by atoms with Gasteiger partial charge in [-0.3, -0.25) is 0 Å². The van der Waals surface area contributed by atoms with Crippen LogP contribution in [0.3, 0.4) is 0 Å². The summed E-state index contributed by atoms with van der Waals surface area (Å²) in [5.74, 6) is 0. The summed E-state index contributed by atoms with van der Waals surface area (Å²) >= 11 is 5.12. The van der Waals surface area contributed by atoms with Crippen LogP contribution in [0.4, 0.5) is 0 Å². The predicted molar refractivity (Wildman–Crippen MR) is 50.1 cm³/mol. The average molecular weight is 218 g/mol. The van der Waals surface area contributed by atoms with Crippen molar-refractivity contribution in [2.24, 2.45) is 5.73 Å². The molecule has 2 N–H and O–H groups in total. The number of nitrogens with two attached hydrogens (primary N) is 1. The lowest BCUT2D eigenvalue weighted by atomic mass is 10.4. The van der Waals surface area contributed by atoms with Crippen LogP contribution in [-0.2, 0) is 0 Å². The van der Waals surface area contributed by atoms with E-state index in [1.165, 1.54) is 4.88 Å². The quantitative estimate of drug-likeness (QED) is 0.810. The summed E-state index contributed by atoms with van der Waals surface area (Å²) in [7, 11) is 0. The number of hydrogen-bond donors (Lipinski definition) is 1. The molecule has 10 heavy (non-hydrogen) atoms. The van der Waals surface area contributed by atoms with Crippen LogP contribution in [0, 0.1) is 0 Å². The summed E-state index contributed by atoms with van der Waals surface area (Å²) in [6.07, 6.45) is 3.96. The summed E-state index contributed by atoms with van der Waals surface area (Å²) in [5.41, 5.74) is 5.30. The first kappa shape index (κ1) is 7.98. The molecule has 0 saturated carbocycles. The molecule has 3 heteroatoms. The SMILES string of the molecule is NCC=Cc1sccc1Br. The van der Waals surface area contributed by atoms with Crippen molar-refractivity contribution in [1.29, 1.82) is 0 Å². The summed E-state index contributed by atoms with van der Waals surface area (Å²) in [5, 5.41) is 2.04. The average Bonchev–Trinajstić information content (AvgIpc) is 2.31. The van der Waals surface area contributed by atoms with Crippen LogP contribution < -0.4 is 5.73 Å². The Hall–Kier alpha value is -0.120. The highest BCUT2D eigenvalue weighted by Crippen LogP contribution is 2.23. The molecule has 0 aromatic carbocycles. The molecule has 1 nitrogen and oxygen atoms in total. The molecular formula is C7H8BrNS. The maximum absolute atomic E-state index is 5.30. The number of halogens is 1. The van der Waals surface area contributed by atoms with Gasteiger partial charge in [-0.15, -0.1) is 11.3 Å². The Morgan fingerprint density at radius 3 is 3.00 bits per heavy atom. The first-order chi connectivity index (χ1) is 4.84. The van der Waals surface area contributed by atoms with Gasteiger partial charge in [0.2, 0.25) is 0 Å². The van der Waals surface area contributed by atoms with E-state index in [1.54, 1.807) is 11.3 Å². The van der Waals surface area contributed by atoms with Crippen molar-refractivity contribution in [2.45, 2.75) is 0 Å². The van der Waals surface area contributed by atoms with Crippen LogP contribution in [0.5, 0.6) is 0 Å². The molecule has 1 heterocycles. The third-order valence-corrected chi connectivity index (χ3v) is 2.89. The van der Waals surface area contributed by atoms with Crippen LogP contribution >= 0.6 is 27.3 Å². The van der Waals surface area contributed by atoms with Gasteiger partial charge in [0.15, 0.2) is 0 Å². The van der Waals surface area contributed by atoms with E-state index in [9.17, 15) is 0 Å². The van der Waals surface area contributed by atoms with Crippen LogP contribution in [0.2, 0.25) is 0 Å². The Morgan fingerprint density at radius 2 is 2.50 bits per heavy atom. The van der Waals surface area contributed by atoms with Crippen molar-refractivity contribution >= 4 is 33.3 Å². The van der Waals surface area contributed by atoms with Gasteiger partial charge in [0, 0.05) is 15.9 Å². The maximum atomic E-state index is 5.30. The van der Waals surface area contributed by atoms with Gasteiger partial charge < -0.3 is 5.73 Å². The molecule has 1 rings (SSSR count). The fourth-order valence-corrected chi connectivity index (χ4v) is 2.03. The standard InChI is InChI=1S/C7H8BrNS/c8-6-3-5-10-7(6)2-1-4-9/h1-3,5H,4,9H2. The van der Waals surface area contributed by atoms with E-state index in [0.717, 1.165) is 4.47 Å². The van der Waals surface area contributed by atoms with E-state index < -0.39 is 0 Å². The third-order valence-electron chi connectivity index (χ3n) is 1.05. The fraction of sp³-hybridized carbons (Fsp3) is 0.143. The molecule has 0 aliphatic carbocycles. The van der Waals surface area contributed by atoms with Gasteiger partial charge in [-0.25, -0.2) is 0 Å². The zero-order chi connectivity index (χ0) is 7.40. The minimum absolute atomic E-state index is 0.602. The first-order valence-corrected chi connectivity index (χ1v) is 4.61. The zero-order valence-corrected chi connectivity index (χ0v) is 7.78. The van der Waals surface area contributed by atoms with E-state index in [4.69, 9.17) is 5.73 Å². The van der Waals surface area contributed by atoms with E-state index in [-0.39, 0.29) is 0 Å². The molecule has 0 aliphatic heterocycles. The topological polar surface area (TPSA) is 26.0 Å². The van der Waals surface area contributed by atoms with E-state index >= 15 is 0 Å². The highest BCUT2D eigenvalue weighted by molar-refractivity contribution is 9.10. The van der Waals surface area contributed by atoms with Crippen molar-refractivity contribution < 1.29 is 0 Å². The lowest BCUT2D eigenvalue weighted by Crippen LogP contribution is -1.91. The van der Waals surface area contributed by atoms with Crippen LogP contribution in [0.15, 0.2) is 22.0 Å². The van der Waals surface area contributed by atoms with Gasteiger partial charge in [-0.1, -0.05) is 6.08 Å². The number of rotatable bonds is 2. The molecule has 0 atom stereocenters. The highest BCUT2D eigenvalue weighted by Gasteiger charge is 1.93. The summed E-state index contributed by atoms with van der Waals surface area (Å²) in [6, 6.07) is 2.03. The minimum atomic E-state index is 0.602. The van der Waals surface area contributed by atoms with Crippen LogP contribution in [0.1, 0.15) is 4.88 Å². The van der Waals surface area contributed by atoms with Crippen molar-refractivity contribution in [3.05, 3.63) is 26.9 Å². The van der Waals surface area contributed by atoms with Gasteiger partial charge in [-0.05, 0) is 33.5 Å². The molecule has 1 aromatic heterocycles. The highest BCUT2D eigenvalue weighted by atomic mass is 79.9. The van der Waals surface area contributed by atoms with Gasteiger partial charge in [0.05, 0.1) is 0 Å². The van der Waals surface area contributed by atoms with Gasteiger partial charge in [0.1, 0.15) is 0 Å². The van der Waals surface area contributed by atoms with Crippen LogP contribution in [-0.4, -0.2) is 6.54 Å². The summed E-state index contributed by atoms with van der Waals surface area (Å²) in [4.78, 5) is 1.23. The van der Waals surface area contributed by atoms with E-state index in [0.29, 0.717) is 6.54 Å². The molecule has 0 fully saturated rings. The molecular weight excluding hydrogens is 210 g/mol. The van der Waals surface area contributed by atoms with Crippen molar-refractivity contribution in [2.75, 3.05) is 6.54 Å². The molecule has 0 saturated heterocycles. The molecule has 1 aromatic rings. The van der Waals surface area contributed by atoms with E-state index in [1.807, 2.05) is 23.6 Å². The Labute approximate surface area is 72.7 Å². The second-order valence-corrected chi connectivity index (χ2v) is 3.57. The Kier molecular flexibility index (Phi) is 3.12. The lowest BCUT2D eigenvalue weighted by Gasteiger charge is -1.84. The second-order valence-electron chi connectivity index (χ2n) is 1.77. The van der Waals surface area contributed by atoms with Crippen LogP contribution in [0.25, 0.3) is 6.08 Å². The molecule has 0 amide bonds. The second kappa shape index (κ2) is 3.91. The molecule has 0 spiro atoms. The third kappa shape index (κ3) is 1.94. The molecule has 0 radical (unpaired) electrons. The summed E-state index contributed by atoms with van der Waals surface area (Å²) in [6.45, 7) is 0.602. The maximum Gasteiger partial charge on any atom is 0.0409 e. The molecule has 0 bridgehead atoms. The number of hydrogen-bond acceptors (Lipinski definition) is 2. The lowest BCUT2D eigenvalue weighted by molar-refractivity contribution is 1.26.